The highest BCUT2D eigenvalue weighted by atomic mass is 16.5. The summed E-state index contributed by atoms with van der Waals surface area (Å²) in [5, 5.41) is 3.44. The number of hydrogen-bond donors (Lipinski definition) is 1. The number of anilines is 1. The summed E-state index contributed by atoms with van der Waals surface area (Å²) in [4.78, 5) is 12.1. The molecule has 142 valence electrons. The number of carbonyl (C=O) groups is 1. The van der Waals surface area contributed by atoms with Gasteiger partial charge in [-0.2, -0.15) is 0 Å². The molecule has 5 heteroatoms. The lowest BCUT2D eigenvalue weighted by atomic mass is 10.0. The Hall–Kier alpha value is -2.95. The summed E-state index contributed by atoms with van der Waals surface area (Å²) in [7, 11) is 2.85. The quantitative estimate of drug-likeness (QED) is 0.408. The van der Waals surface area contributed by atoms with Crippen molar-refractivity contribution < 1.29 is 19.0 Å². The van der Waals surface area contributed by atoms with E-state index in [1.54, 1.807) is 0 Å². The van der Waals surface area contributed by atoms with Crippen LogP contribution in [0.5, 0.6) is 5.75 Å². The van der Waals surface area contributed by atoms with E-state index in [9.17, 15) is 4.79 Å². The molecule has 0 saturated heterocycles. The molecule has 0 aromatic heterocycles. The summed E-state index contributed by atoms with van der Waals surface area (Å²) in [6, 6.07) is 15.5. The minimum Gasteiger partial charge on any atom is -0.503 e. The van der Waals surface area contributed by atoms with E-state index in [1.165, 1.54) is 33.3 Å². The molecule has 0 bridgehead atoms. The maximum Gasteiger partial charge on any atom is 0.341 e. The molecule has 0 heterocycles. The summed E-state index contributed by atoms with van der Waals surface area (Å²) in [5.41, 5.74) is 3.07. The first-order chi connectivity index (χ1) is 13.2. The maximum absolute atomic E-state index is 12.1. The number of benzene rings is 2. The maximum atomic E-state index is 12.1. The first kappa shape index (κ1) is 18.8. The van der Waals surface area contributed by atoms with Gasteiger partial charge in [-0.1, -0.05) is 24.3 Å². The van der Waals surface area contributed by atoms with E-state index in [1.807, 2.05) is 48.5 Å². The summed E-state index contributed by atoms with van der Waals surface area (Å²) in [6.45, 7) is 1.37. The molecule has 2 aromatic carbocycles. The van der Waals surface area contributed by atoms with Crippen molar-refractivity contribution >= 4 is 17.2 Å². The number of carbonyl (C=O) groups excluding carboxylic acids is 1. The lowest BCUT2D eigenvalue weighted by Crippen LogP contribution is -2.08. The van der Waals surface area contributed by atoms with Crippen molar-refractivity contribution in [2.75, 3.05) is 26.1 Å². The minimum atomic E-state index is -0.449. The Morgan fingerprint density at radius 3 is 2.52 bits per heavy atom. The monoisotopic (exact) mass is 367 g/mol. The topological polar surface area (TPSA) is 56.8 Å². The van der Waals surface area contributed by atoms with Crippen LogP contribution in [0.4, 0.5) is 5.69 Å². The molecule has 0 spiro atoms. The van der Waals surface area contributed by atoms with E-state index in [-0.39, 0.29) is 0 Å². The van der Waals surface area contributed by atoms with Crippen molar-refractivity contribution in [2.45, 2.75) is 19.4 Å². The molecule has 1 N–H and O–H groups in total. The van der Waals surface area contributed by atoms with Crippen molar-refractivity contribution in [3.63, 3.8) is 0 Å². The van der Waals surface area contributed by atoms with Gasteiger partial charge in [-0.05, 0) is 54.2 Å². The van der Waals surface area contributed by atoms with Crippen LogP contribution in [-0.4, -0.2) is 26.7 Å². The molecule has 0 radical (unpaired) electrons. The largest absolute Gasteiger partial charge is 0.503 e. The molecule has 1 aliphatic carbocycles. The Kier molecular flexibility index (Phi) is 6.36. The molecule has 5 nitrogen and oxygen atoms in total. The van der Waals surface area contributed by atoms with Crippen molar-refractivity contribution in [3.05, 3.63) is 65.9 Å². The van der Waals surface area contributed by atoms with Crippen LogP contribution in [0.2, 0.25) is 0 Å². The van der Waals surface area contributed by atoms with Crippen LogP contribution < -0.4 is 10.1 Å². The van der Waals surface area contributed by atoms with Crippen LogP contribution in [0.25, 0.3) is 5.57 Å². The predicted molar refractivity (Wildman–Crippen MR) is 105 cm³/mol. The fourth-order valence-electron chi connectivity index (χ4n) is 2.77. The van der Waals surface area contributed by atoms with Crippen LogP contribution in [0.3, 0.4) is 0 Å². The van der Waals surface area contributed by atoms with Crippen molar-refractivity contribution in [2.24, 2.45) is 5.92 Å². The molecule has 0 unspecified atom stereocenters. The van der Waals surface area contributed by atoms with Gasteiger partial charge in [0, 0.05) is 12.2 Å². The van der Waals surface area contributed by atoms with E-state index in [0.717, 1.165) is 35.0 Å². The molecule has 0 aliphatic heterocycles. The van der Waals surface area contributed by atoms with Crippen molar-refractivity contribution in [3.8, 4) is 5.75 Å². The zero-order valence-electron chi connectivity index (χ0n) is 15.7. The van der Waals surface area contributed by atoms with Gasteiger partial charge in [0.05, 0.1) is 20.5 Å². The van der Waals surface area contributed by atoms with Gasteiger partial charge in [-0.25, -0.2) is 4.79 Å². The molecular weight excluding hydrogens is 342 g/mol. The fraction of sp³-hybridized carbons (Fsp3) is 0.318. The van der Waals surface area contributed by atoms with Gasteiger partial charge in [-0.3, -0.25) is 0 Å². The lowest BCUT2D eigenvalue weighted by molar-refractivity contribution is -0.133. The number of ether oxygens (including phenoxy) is 3. The number of methoxy groups -OCH3 is 2. The third kappa shape index (κ3) is 5.26. The lowest BCUT2D eigenvalue weighted by Gasteiger charge is -2.13. The van der Waals surface area contributed by atoms with Crippen molar-refractivity contribution in [1.82, 2.24) is 0 Å². The number of esters is 1. The van der Waals surface area contributed by atoms with E-state index in [4.69, 9.17) is 14.2 Å². The Labute approximate surface area is 159 Å². The zero-order chi connectivity index (χ0) is 19.1. The van der Waals surface area contributed by atoms with Gasteiger partial charge >= 0.3 is 5.97 Å². The predicted octanol–water partition coefficient (Wildman–Crippen LogP) is 4.25. The summed E-state index contributed by atoms with van der Waals surface area (Å²) < 4.78 is 15.8. The average Bonchev–Trinajstić information content (AvgIpc) is 3.54. The highest BCUT2D eigenvalue weighted by Gasteiger charge is 2.20. The van der Waals surface area contributed by atoms with Crippen LogP contribution in [0.15, 0.2) is 54.8 Å². The Morgan fingerprint density at radius 1 is 1.11 bits per heavy atom. The zero-order valence-corrected chi connectivity index (χ0v) is 15.7. The number of hydrogen-bond acceptors (Lipinski definition) is 5. The standard InChI is InChI=1S/C22H25NO4/c1-25-15-21(22(24)26-2)20-6-4-3-5-17(20)14-27-19-11-9-18(10-12-19)23-13-16-7-8-16/h3-6,9-12,15-16,23H,7-8,13-14H2,1-2H3/b21-15+. The smallest absolute Gasteiger partial charge is 0.341 e. The molecular formula is C22H25NO4. The second kappa shape index (κ2) is 9.12. The number of nitrogens with one attached hydrogen (secondary N) is 1. The highest BCUT2D eigenvalue weighted by molar-refractivity contribution is 6.16. The minimum absolute atomic E-state index is 0.336. The van der Waals surface area contributed by atoms with Crippen LogP contribution in [0, 0.1) is 5.92 Å². The first-order valence-electron chi connectivity index (χ1n) is 9.07. The normalized spacial score (nSPS) is 13.8. The van der Waals surface area contributed by atoms with Gasteiger partial charge in [0.25, 0.3) is 0 Å². The van der Waals surface area contributed by atoms with Gasteiger partial charge < -0.3 is 19.5 Å². The fourth-order valence-corrected chi connectivity index (χ4v) is 2.77. The summed E-state index contributed by atoms with van der Waals surface area (Å²) >= 11 is 0. The Balaban J connectivity index is 1.67. The van der Waals surface area contributed by atoms with Gasteiger partial charge in [0.1, 0.15) is 17.9 Å². The van der Waals surface area contributed by atoms with E-state index >= 15 is 0 Å². The number of rotatable bonds is 9. The summed E-state index contributed by atoms with van der Waals surface area (Å²) in [6.07, 6.45) is 4.06. The Morgan fingerprint density at radius 2 is 1.85 bits per heavy atom. The molecule has 3 rings (SSSR count). The van der Waals surface area contributed by atoms with E-state index in [0.29, 0.717) is 12.2 Å². The SMILES string of the molecule is CO/C=C(/C(=O)OC)c1ccccc1COc1ccc(NCC2CC2)cc1. The van der Waals surface area contributed by atoms with Crippen LogP contribution >= 0.6 is 0 Å². The first-order valence-corrected chi connectivity index (χ1v) is 9.07. The molecule has 2 aromatic rings. The Bertz CT molecular complexity index is 794. The van der Waals surface area contributed by atoms with Crippen LogP contribution in [0.1, 0.15) is 24.0 Å². The molecule has 1 fully saturated rings. The second-order valence-corrected chi connectivity index (χ2v) is 6.55. The van der Waals surface area contributed by atoms with Crippen molar-refractivity contribution in [1.29, 1.82) is 0 Å². The van der Waals surface area contributed by atoms with E-state index in [2.05, 4.69) is 5.32 Å². The van der Waals surface area contributed by atoms with Gasteiger partial charge in [-0.15, -0.1) is 0 Å². The molecule has 1 saturated carbocycles. The van der Waals surface area contributed by atoms with E-state index < -0.39 is 5.97 Å². The highest BCUT2D eigenvalue weighted by Crippen LogP contribution is 2.29. The van der Waals surface area contributed by atoms with Gasteiger partial charge in [0.2, 0.25) is 0 Å². The third-order valence-corrected chi connectivity index (χ3v) is 4.49. The summed E-state index contributed by atoms with van der Waals surface area (Å²) in [5.74, 6) is 1.16. The second-order valence-electron chi connectivity index (χ2n) is 6.55. The van der Waals surface area contributed by atoms with Crippen LogP contribution in [-0.2, 0) is 20.9 Å². The molecule has 0 amide bonds. The molecule has 27 heavy (non-hydrogen) atoms. The average molecular weight is 367 g/mol. The molecule has 1 aliphatic rings. The van der Waals surface area contributed by atoms with Gasteiger partial charge in [0.15, 0.2) is 0 Å². The third-order valence-electron chi connectivity index (χ3n) is 4.49. The molecule has 0 atom stereocenters.